The van der Waals surface area contributed by atoms with E-state index < -0.39 is 18.2 Å². The molecule has 0 bridgehead atoms. The lowest BCUT2D eigenvalue weighted by Gasteiger charge is -2.15. The second kappa shape index (κ2) is 6.21. The van der Waals surface area contributed by atoms with Gasteiger partial charge in [-0.3, -0.25) is 14.9 Å². The largest absolute Gasteiger partial charge is 0.573 e. The molecule has 1 aliphatic heterocycles. The van der Waals surface area contributed by atoms with Crippen LogP contribution in [0, 0.1) is 0 Å². The van der Waals surface area contributed by atoms with Crippen LogP contribution in [-0.4, -0.2) is 35.8 Å². The molecule has 25 heavy (non-hydrogen) atoms. The van der Waals surface area contributed by atoms with Gasteiger partial charge in [-0.15, -0.1) is 13.2 Å². The molecule has 0 aromatic heterocycles. The maximum absolute atomic E-state index is 12.3. The van der Waals surface area contributed by atoms with Crippen molar-refractivity contribution in [3.05, 3.63) is 24.3 Å². The van der Waals surface area contributed by atoms with Crippen molar-refractivity contribution in [1.82, 2.24) is 10.6 Å². The normalized spacial score (nSPS) is 27.8. The third-order valence-electron chi connectivity index (χ3n) is 4.45. The summed E-state index contributed by atoms with van der Waals surface area (Å²) in [5.41, 5.74) is -0.0155. The number of alkyl halides is 3. The fourth-order valence-corrected chi connectivity index (χ4v) is 3.27. The van der Waals surface area contributed by atoms with Gasteiger partial charge in [0.1, 0.15) is 5.75 Å². The van der Waals surface area contributed by atoms with E-state index in [0.29, 0.717) is 6.42 Å². The molecule has 1 aromatic rings. The number of nitrogens with one attached hydrogen (secondary N) is 3. The zero-order valence-electron chi connectivity index (χ0n) is 13.4. The lowest BCUT2D eigenvalue weighted by Crippen LogP contribution is -2.44. The molecule has 9 heteroatoms. The Hall–Kier alpha value is -2.29. The molecule has 1 heterocycles. The molecule has 1 saturated carbocycles. The van der Waals surface area contributed by atoms with Crippen molar-refractivity contribution in [1.29, 1.82) is 0 Å². The average Bonchev–Trinajstić information content (AvgIpc) is 2.93. The molecule has 2 fully saturated rings. The maximum Gasteiger partial charge on any atom is 0.573 e. The van der Waals surface area contributed by atoms with Gasteiger partial charge in [0.2, 0.25) is 11.8 Å². The molecule has 1 aliphatic carbocycles. The molecule has 2 unspecified atom stereocenters. The Bertz CT molecular complexity index is 695. The van der Waals surface area contributed by atoms with Gasteiger partial charge in [-0.05, 0) is 31.4 Å². The molecule has 136 valence electrons. The summed E-state index contributed by atoms with van der Waals surface area (Å²) in [6.45, 7) is 1.45. The van der Waals surface area contributed by atoms with Crippen molar-refractivity contribution >= 4 is 17.5 Å². The van der Waals surface area contributed by atoms with E-state index in [0.717, 1.165) is 25.0 Å². The highest BCUT2D eigenvalue weighted by molar-refractivity contribution is 5.95. The molecule has 0 radical (unpaired) electrons. The Labute approximate surface area is 142 Å². The van der Waals surface area contributed by atoms with Crippen LogP contribution in [0.25, 0.3) is 0 Å². The minimum Gasteiger partial charge on any atom is -0.406 e. The first-order valence-corrected chi connectivity index (χ1v) is 7.88. The number of amides is 2. The molecular formula is C16H18F3N3O3. The van der Waals surface area contributed by atoms with E-state index in [9.17, 15) is 22.8 Å². The lowest BCUT2D eigenvalue weighted by atomic mass is 10.1. The highest BCUT2D eigenvalue weighted by Gasteiger charge is 2.59. The van der Waals surface area contributed by atoms with Crippen molar-refractivity contribution in [2.45, 2.75) is 50.2 Å². The molecule has 3 N–H and O–H groups in total. The maximum atomic E-state index is 12.3. The molecule has 1 aromatic carbocycles. The SMILES string of the molecule is CC(=O)NC1C[C@]12CCC(C(=O)Nc1cccc(OC(F)(F)F)c1)N2. The van der Waals surface area contributed by atoms with E-state index in [2.05, 4.69) is 20.7 Å². The van der Waals surface area contributed by atoms with Gasteiger partial charge in [-0.2, -0.15) is 0 Å². The smallest absolute Gasteiger partial charge is 0.406 e. The molecule has 1 saturated heterocycles. The van der Waals surface area contributed by atoms with Crippen LogP contribution in [0.1, 0.15) is 26.2 Å². The fraction of sp³-hybridized carbons (Fsp3) is 0.500. The minimum atomic E-state index is -4.79. The first kappa shape index (κ1) is 17.5. The van der Waals surface area contributed by atoms with Crippen molar-refractivity contribution in [3.8, 4) is 5.75 Å². The third kappa shape index (κ3) is 4.22. The lowest BCUT2D eigenvalue weighted by molar-refractivity contribution is -0.274. The van der Waals surface area contributed by atoms with Crippen LogP contribution >= 0.6 is 0 Å². The van der Waals surface area contributed by atoms with Crippen LogP contribution in [0.15, 0.2) is 24.3 Å². The van der Waals surface area contributed by atoms with Crippen LogP contribution in [0.3, 0.4) is 0 Å². The summed E-state index contributed by atoms with van der Waals surface area (Å²) in [5, 5.41) is 8.66. The topological polar surface area (TPSA) is 79.5 Å². The monoisotopic (exact) mass is 357 g/mol. The van der Waals surface area contributed by atoms with Crippen molar-refractivity contribution in [2.75, 3.05) is 5.32 Å². The summed E-state index contributed by atoms with van der Waals surface area (Å²) in [6.07, 6.45) is -2.66. The van der Waals surface area contributed by atoms with Gasteiger partial charge in [0, 0.05) is 30.3 Å². The van der Waals surface area contributed by atoms with Crippen molar-refractivity contribution < 1.29 is 27.5 Å². The zero-order valence-corrected chi connectivity index (χ0v) is 13.4. The Morgan fingerprint density at radius 3 is 2.80 bits per heavy atom. The van der Waals surface area contributed by atoms with Crippen LogP contribution < -0.4 is 20.7 Å². The van der Waals surface area contributed by atoms with E-state index in [4.69, 9.17) is 0 Å². The number of carbonyl (C=O) groups excluding carboxylic acids is 2. The van der Waals surface area contributed by atoms with Crippen LogP contribution in [-0.2, 0) is 9.59 Å². The van der Waals surface area contributed by atoms with Gasteiger partial charge in [0.15, 0.2) is 0 Å². The van der Waals surface area contributed by atoms with E-state index in [1.807, 2.05) is 0 Å². The average molecular weight is 357 g/mol. The van der Waals surface area contributed by atoms with Gasteiger partial charge < -0.3 is 15.4 Å². The minimum absolute atomic E-state index is 0.0197. The van der Waals surface area contributed by atoms with Gasteiger partial charge in [0.05, 0.1) is 6.04 Å². The Balaban J connectivity index is 1.57. The molecule has 1 spiro atoms. The first-order valence-electron chi connectivity index (χ1n) is 7.88. The zero-order chi connectivity index (χ0) is 18.2. The second-order valence-corrected chi connectivity index (χ2v) is 6.41. The predicted octanol–water partition coefficient (Wildman–Crippen LogP) is 1.92. The number of benzene rings is 1. The summed E-state index contributed by atoms with van der Waals surface area (Å²) < 4.78 is 40.6. The quantitative estimate of drug-likeness (QED) is 0.769. The molecule has 3 rings (SSSR count). The number of rotatable bonds is 4. The molecule has 3 atom stereocenters. The van der Waals surface area contributed by atoms with Gasteiger partial charge in [-0.25, -0.2) is 0 Å². The third-order valence-corrected chi connectivity index (χ3v) is 4.45. The van der Waals surface area contributed by atoms with E-state index in [-0.39, 0.29) is 29.1 Å². The number of anilines is 1. The molecule has 6 nitrogen and oxygen atoms in total. The Morgan fingerprint density at radius 2 is 2.12 bits per heavy atom. The highest BCUT2D eigenvalue weighted by Crippen LogP contribution is 2.45. The molecular weight excluding hydrogens is 339 g/mol. The first-order chi connectivity index (χ1) is 11.7. The standard InChI is InChI=1S/C16H18F3N3O3/c1-9(23)20-13-8-15(13)6-5-12(22-15)14(24)21-10-3-2-4-11(7-10)25-16(17,18)19/h2-4,7,12-13,22H,5-6,8H2,1H3,(H,20,23)(H,21,24)/t12?,13?,15-/m1/s1. The van der Waals surface area contributed by atoms with Crippen LogP contribution in [0.5, 0.6) is 5.75 Å². The summed E-state index contributed by atoms with van der Waals surface area (Å²) in [7, 11) is 0. The van der Waals surface area contributed by atoms with Gasteiger partial charge in [0.25, 0.3) is 0 Å². The van der Waals surface area contributed by atoms with Crippen molar-refractivity contribution in [3.63, 3.8) is 0 Å². The molecule has 2 amide bonds. The van der Waals surface area contributed by atoms with E-state index >= 15 is 0 Å². The van der Waals surface area contributed by atoms with E-state index in [1.165, 1.54) is 19.1 Å². The Kier molecular flexibility index (Phi) is 4.36. The highest BCUT2D eigenvalue weighted by atomic mass is 19.4. The van der Waals surface area contributed by atoms with Crippen LogP contribution in [0.4, 0.5) is 18.9 Å². The van der Waals surface area contributed by atoms with Gasteiger partial charge in [-0.1, -0.05) is 6.07 Å². The summed E-state index contributed by atoms with van der Waals surface area (Å²) in [5.74, 6) is -0.832. The number of carbonyl (C=O) groups is 2. The van der Waals surface area contributed by atoms with E-state index in [1.54, 1.807) is 0 Å². The fourth-order valence-electron chi connectivity index (χ4n) is 3.27. The summed E-state index contributed by atoms with van der Waals surface area (Å²) in [4.78, 5) is 23.4. The van der Waals surface area contributed by atoms with Crippen molar-refractivity contribution in [2.24, 2.45) is 0 Å². The number of halogens is 3. The number of hydrogen-bond acceptors (Lipinski definition) is 4. The second-order valence-electron chi connectivity index (χ2n) is 6.41. The number of ether oxygens (including phenoxy) is 1. The summed E-state index contributed by atoms with van der Waals surface area (Å²) >= 11 is 0. The van der Waals surface area contributed by atoms with Crippen LogP contribution in [0.2, 0.25) is 0 Å². The Morgan fingerprint density at radius 1 is 1.36 bits per heavy atom. The number of hydrogen-bond donors (Lipinski definition) is 3. The predicted molar refractivity (Wildman–Crippen MR) is 82.9 cm³/mol. The molecule has 2 aliphatic rings. The van der Waals surface area contributed by atoms with Gasteiger partial charge >= 0.3 is 6.36 Å². The summed E-state index contributed by atoms with van der Waals surface area (Å²) in [6, 6.07) is 4.70.